The minimum absolute atomic E-state index is 0.0505. The summed E-state index contributed by atoms with van der Waals surface area (Å²) in [6.07, 6.45) is 6.66. The van der Waals surface area contributed by atoms with Crippen molar-refractivity contribution in [3.8, 4) is 0 Å². The zero-order chi connectivity index (χ0) is 39.0. The van der Waals surface area contributed by atoms with E-state index >= 15 is 0 Å². The summed E-state index contributed by atoms with van der Waals surface area (Å²) in [4.78, 5) is 78.2. The monoisotopic (exact) mass is 782 g/mol. The summed E-state index contributed by atoms with van der Waals surface area (Å²) in [5.74, 6) is -5.58. The van der Waals surface area contributed by atoms with Gasteiger partial charge in [0.1, 0.15) is 22.9 Å². The Morgan fingerprint density at radius 1 is 1.07 bits per heavy atom. The van der Waals surface area contributed by atoms with E-state index in [1.807, 2.05) is 0 Å². The van der Waals surface area contributed by atoms with Crippen molar-refractivity contribution < 1.29 is 37.5 Å². The summed E-state index contributed by atoms with van der Waals surface area (Å²) >= 11 is 6.11. The third-order valence-corrected chi connectivity index (χ3v) is 12.6. The number of likely N-dealkylation sites (tertiary alicyclic amines) is 1. The maximum atomic E-state index is 14.8. The van der Waals surface area contributed by atoms with Gasteiger partial charge in [0.2, 0.25) is 11.7 Å². The van der Waals surface area contributed by atoms with E-state index in [4.69, 9.17) is 17.3 Å². The number of nitrogens with zero attached hydrogens (tertiary/aromatic N) is 6. The third kappa shape index (κ3) is 8.37. The Bertz CT molecular complexity index is 2130. The lowest BCUT2D eigenvalue weighted by molar-refractivity contribution is -0.143. The Kier molecular flexibility index (Phi) is 11.0. The number of pyridine rings is 1. The molecule has 1 saturated carbocycles. The summed E-state index contributed by atoms with van der Waals surface area (Å²) < 4.78 is 26.1. The van der Waals surface area contributed by atoms with Gasteiger partial charge in [0.25, 0.3) is 17.7 Å². The zero-order valence-corrected chi connectivity index (χ0v) is 31.6. The van der Waals surface area contributed by atoms with Gasteiger partial charge in [0, 0.05) is 29.6 Å². The van der Waals surface area contributed by atoms with Gasteiger partial charge in [-0.2, -0.15) is 0 Å². The fourth-order valence-electron chi connectivity index (χ4n) is 7.68. The van der Waals surface area contributed by atoms with Crippen molar-refractivity contribution in [3.05, 3.63) is 52.9 Å². The summed E-state index contributed by atoms with van der Waals surface area (Å²) in [5, 5.41) is 22.7. The van der Waals surface area contributed by atoms with E-state index in [0.717, 1.165) is 32.1 Å². The fourth-order valence-corrected chi connectivity index (χ4v) is 9.37. The largest absolute Gasteiger partial charge is 0.384 e. The first-order valence-electron chi connectivity index (χ1n) is 17.9. The summed E-state index contributed by atoms with van der Waals surface area (Å²) in [5.41, 5.74) is 3.03. The van der Waals surface area contributed by atoms with Gasteiger partial charge >= 0.3 is 0 Å². The number of ketones is 1. The van der Waals surface area contributed by atoms with Gasteiger partial charge in [-0.1, -0.05) is 55.0 Å². The van der Waals surface area contributed by atoms with E-state index in [0.29, 0.717) is 21.6 Å². The molecule has 4 N–H and O–H groups in total. The molecular weight excluding hydrogens is 740 g/mol. The van der Waals surface area contributed by atoms with Gasteiger partial charge < -0.3 is 21.1 Å². The number of aliphatic hydroxyl groups is 1. The molecule has 2 atom stereocenters. The number of Topliss-reactive ketones (excluding diaryl/α,β-unsaturated/α-hetero) is 1. The van der Waals surface area contributed by atoms with Crippen LogP contribution in [0.4, 0.5) is 0 Å². The molecule has 3 fully saturated rings. The van der Waals surface area contributed by atoms with Crippen LogP contribution in [-0.2, 0) is 34.6 Å². The van der Waals surface area contributed by atoms with Crippen molar-refractivity contribution in [2.24, 2.45) is 16.6 Å². The number of nitrogens with one attached hydrogen (secondary N) is 1. The second-order valence-corrected chi connectivity index (χ2v) is 17.8. The Balaban J connectivity index is 1.38. The number of fused-ring (bicyclic) bond motifs is 1. The lowest BCUT2D eigenvalue weighted by Gasteiger charge is -2.37. The highest BCUT2D eigenvalue weighted by molar-refractivity contribution is 7.91. The standard InChI is InChI=1S/C36H43ClN8O8S/c1-35(2,51)29-19-40-43-45(29)25-17-28(33(49)42-36(30(46)31(38)47)10-12-54(52,53)13-11-36)44(20-25)34(50)27(14-21-6-4-3-5-7-21)41-32(48)23-15-22-8-9-24(37)16-26(22)39-18-23/h8-9,15-16,18-19,21,25,28,51H,3-7,10-14,17,20H2,1-2H3,(H2,38,47)(H,42,49)/b41-27+/t25-,28-/m0/s1. The molecular formula is C36H43ClN8O8S. The van der Waals surface area contributed by atoms with Crippen molar-refractivity contribution >= 4 is 67.5 Å². The van der Waals surface area contributed by atoms with Gasteiger partial charge in [0.05, 0.1) is 40.5 Å². The predicted molar refractivity (Wildman–Crippen MR) is 197 cm³/mol. The average Bonchev–Trinajstić information content (AvgIpc) is 3.81. The normalized spacial score (nSPS) is 21.9. The fraction of sp³-hybridized carbons (Fsp3) is 0.528. The lowest BCUT2D eigenvalue weighted by Crippen LogP contribution is -2.64. The SMILES string of the molecule is CC(C)(O)c1cnnn1[C@H]1C[C@@H](C(=O)NC2(C(=O)C(N)=O)CCS(=O)(=O)CC2)N(C(=O)/C(CC2CCCCC2)=N/C(=O)c2cnc3cc(Cl)ccc3c2)C1. The van der Waals surface area contributed by atoms with Crippen LogP contribution in [0.15, 0.2) is 41.7 Å². The Labute approximate surface area is 316 Å². The number of benzene rings is 1. The first-order valence-corrected chi connectivity index (χ1v) is 20.1. The van der Waals surface area contributed by atoms with Crippen LogP contribution in [0.1, 0.15) is 93.7 Å². The molecule has 6 rings (SSSR count). The third-order valence-electron chi connectivity index (χ3n) is 10.7. The van der Waals surface area contributed by atoms with Crippen molar-refractivity contribution in [3.63, 3.8) is 0 Å². The molecule has 3 aliphatic rings. The molecule has 0 unspecified atom stereocenters. The molecule has 0 radical (unpaired) electrons. The van der Waals surface area contributed by atoms with Crippen LogP contribution in [0.2, 0.25) is 5.02 Å². The molecule has 1 aromatic carbocycles. The van der Waals surface area contributed by atoms with Gasteiger partial charge in [-0.25, -0.2) is 18.1 Å². The van der Waals surface area contributed by atoms with Crippen molar-refractivity contribution in [1.29, 1.82) is 0 Å². The Morgan fingerprint density at radius 2 is 1.78 bits per heavy atom. The number of carbonyl (C=O) groups is 5. The van der Waals surface area contributed by atoms with Crippen LogP contribution < -0.4 is 11.1 Å². The molecule has 1 aliphatic carbocycles. The van der Waals surface area contributed by atoms with E-state index < -0.39 is 74.0 Å². The topological polar surface area (TPSA) is 237 Å². The number of sulfone groups is 1. The van der Waals surface area contributed by atoms with Crippen LogP contribution in [0.5, 0.6) is 0 Å². The molecule has 16 nitrogen and oxygen atoms in total. The first-order chi connectivity index (χ1) is 25.5. The Morgan fingerprint density at radius 3 is 2.44 bits per heavy atom. The van der Waals surface area contributed by atoms with Crippen LogP contribution in [0, 0.1) is 5.92 Å². The first kappa shape index (κ1) is 39.1. The molecule has 3 aromatic rings. The second kappa shape index (κ2) is 15.3. The Hall–Kier alpha value is -4.61. The molecule has 54 heavy (non-hydrogen) atoms. The molecule has 0 bridgehead atoms. The predicted octanol–water partition coefficient (Wildman–Crippen LogP) is 2.22. The number of nitrogens with two attached hydrogens (primary N) is 1. The zero-order valence-electron chi connectivity index (χ0n) is 30.0. The maximum Gasteiger partial charge on any atom is 0.287 e. The van der Waals surface area contributed by atoms with Gasteiger partial charge in [-0.05, 0) is 57.2 Å². The average molecular weight is 783 g/mol. The number of primary amides is 1. The van der Waals surface area contributed by atoms with Crippen molar-refractivity contribution in [2.45, 2.75) is 94.9 Å². The van der Waals surface area contributed by atoms with Crippen LogP contribution >= 0.6 is 11.6 Å². The molecule has 4 amide bonds. The highest BCUT2D eigenvalue weighted by Gasteiger charge is 2.50. The van der Waals surface area contributed by atoms with E-state index in [1.54, 1.807) is 24.3 Å². The molecule has 18 heteroatoms. The smallest absolute Gasteiger partial charge is 0.287 e. The van der Waals surface area contributed by atoms with Crippen LogP contribution in [-0.4, -0.2) is 103 Å². The highest BCUT2D eigenvalue weighted by Crippen LogP contribution is 2.34. The number of halogens is 1. The number of hydrogen-bond acceptors (Lipinski definition) is 11. The number of carbonyl (C=O) groups excluding carboxylic acids is 5. The maximum absolute atomic E-state index is 14.8. The molecule has 0 spiro atoms. The molecule has 4 heterocycles. The highest BCUT2D eigenvalue weighted by atomic mass is 35.5. The van der Waals surface area contributed by atoms with E-state index in [9.17, 15) is 37.5 Å². The van der Waals surface area contributed by atoms with E-state index in [2.05, 4.69) is 25.6 Å². The van der Waals surface area contributed by atoms with Crippen LogP contribution in [0.25, 0.3) is 10.9 Å². The summed E-state index contributed by atoms with van der Waals surface area (Å²) in [6, 6.07) is 4.66. The number of aromatic nitrogens is 4. The van der Waals surface area contributed by atoms with E-state index in [1.165, 1.54) is 35.8 Å². The second-order valence-electron chi connectivity index (χ2n) is 15.0. The molecule has 2 aromatic heterocycles. The summed E-state index contributed by atoms with van der Waals surface area (Å²) in [7, 11) is -3.54. The quantitative estimate of drug-likeness (QED) is 0.199. The lowest BCUT2D eigenvalue weighted by atomic mass is 9.85. The molecule has 2 aliphatic heterocycles. The number of rotatable bonds is 10. The minimum Gasteiger partial charge on any atom is -0.384 e. The van der Waals surface area contributed by atoms with Crippen LogP contribution in [0.3, 0.4) is 0 Å². The van der Waals surface area contributed by atoms with Crippen molar-refractivity contribution in [1.82, 2.24) is 30.2 Å². The summed E-state index contributed by atoms with van der Waals surface area (Å²) in [6.45, 7) is 2.96. The number of aliphatic imine (C=N–C) groups is 1. The van der Waals surface area contributed by atoms with Gasteiger partial charge in [-0.15, -0.1) is 5.10 Å². The van der Waals surface area contributed by atoms with Crippen molar-refractivity contribution in [2.75, 3.05) is 18.1 Å². The van der Waals surface area contributed by atoms with Gasteiger partial charge in [-0.3, -0.25) is 29.0 Å². The molecule has 288 valence electrons. The van der Waals surface area contributed by atoms with Gasteiger partial charge in [0.15, 0.2) is 9.84 Å². The number of amides is 4. The van der Waals surface area contributed by atoms with E-state index in [-0.39, 0.29) is 49.4 Å². The molecule has 2 saturated heterocycles. The minimum atomic E-state index is -3.54. The number of hydrogen-bond donors (Lipinski definition) is 3.